The largest absolute Gasteiger partial charge is 0.454 e. The highest BCUT2D eigenvalue weighted by Gasteiger charge is 2.12. The summed E-state index contributed by atoms with van der Waals surface area (Å²) in [6.45, 7) is 0.652. The molecule has 120 valence electrons. The van der Waals surface area contributed by atoms with Gasteiger partial charge in [0.1, 0.15) is 0 Å². The first-order valence-corrected chi connectivity index (χ1v) is 8.17. The fourth-order valence-corrected chi connectivity index (χ4v) is 2.95. The second-order valence-corrected chi connectivity index (χ2v) is 6.04. The van der Waals surface area contributed by atoms with Crippen molar-refractivity contribution in [1.29, 1.82) is 0 Å². The van der Waals surface area contributed by atoms with Gasteiger partial charge in [0.05, 0.1) is 6.10 Å². The van der Waals surface area contributed by atoms with Gasteiger partial charge in [0.15, 0.2) is 11.5 Å². The molecule has 1 amide bonds. The number of carbonyl (C=O) groups excluding carboxylic acids is 1. The van der Waals surface area contributed by atoms with Crippen LogP contribution in [0.25, 0.3) is 6.08 Å². The van der Waals surface area contributed by atoms with Crippen LogP contribution < -0.4 is 14.8 Å². The number of thiophene rings is 1. The van der Waals surface area contributed by atoms with E-state index < -0.39 is 6.10 Å². The standard InChI is InChI=1S/C17H17NO4S/c19-13(16-2-1-9-23-16)7-8-18-17(20)6-4-12-3-5-14-15(10-12)22-11-21-14/h1-6,9-10,13,19H,7-8,11H2,(H,18,20). The maximum absolute atomic E-state index is 11.8. The Labute approximate surface area is 138 Å². The molecule has 1 aliphatic rings. The number of amides is 1. The average molecular weight is 331 g/mol. The molecule has 5 nitrogen and oxygen atoms in total. The van der Waals surface area contributed by atoms with Crippen molar-refractivity contribution in [2.24, 2.45) is 0 Å². The second kappa shape index (κ2) is 7.30. The van der Waals surface area contributed by atoms with E-state index in [0.717, 1.165) is 10.4 Å². The Kier molecular flexibility index (Phi) is 4.95. The normalized spacial score (nSPS) is 14.1. The van der Waals surface area contributed by atoms with Crippen LogP contribution in [0.2, 0.25) is 0 Å². The fourth-order valence-electron chi connectivity index (χ4n) is 2.20. The van der Waals surface area contributed by atoms with E-state index in [1.54, 1.807) is 6.08 Å². The number of rotatable bonds is 6. The predicted octanol–water partition coefficient (Wildman–Crippen LogP) is 2.73. The topological polar surface area (TPSA) is 67.8 Å². The first-order valence-electron chi connectivity index (χ1n) is 7.29. The van der Waals surface area contributed by atoms with E-state index in [9.17, 15) is 9.90 Å². The molecular formula is C17H17NO4S. The van der Waals surface area contributed by atoms with Crippen LogP contribution >= 0.6 is 11.3 Å². The molecule has 0 radical (unpaired) electrons. The van der Waals surface area contributed by atoms with Crippen LogP contribution in [0, 0.1) is 0 Å². The molecule has 0 saturated carbocycles. The Balaban J connectivity index is 1.45. The van der Waals surface area contributed by atoms with Crippen LogP contribution in [0.4, 0.5) is 0 Å². The number of benzene rings is 1. The molecule has 6 heteroatoms. The third-order valence-corrected chi connectivity index (χ3v) is 4.39. The predicted molar refractivity (Wildman–Crippen MR) is 88.5 cm³/mol. The van der Waals surface area contributed by atoms with Gasteiger partial charge in [-0.05, 0) is 41.6 Å². The number of aliphatic hydroxyl groups is 1. The van der Waals surface area contributed by atoms with Crippen molar-refractivity contribution in [3.63, 3.8) is 0 Å². The Morgan fingerprint density at radius 1 is 1.35 bits per heavy atom. The van der Waals surface area contributed by atoms with Crippen LogP contribution in [-0.2, 0) is 4.79 Å². The highest BCUT2D eigenvalue weighted by molar-refractivity contribution is 7.10. The van der Waals surface area contributed by atoms with Gasteiger partial charge in [-0.15, -0.1) is 11.3 Å². The minimum Gasteiger partial charge on any atom is -0.454 e. The van der Waals surface area contributed by atoms with Gasteiger partial charge in [0, 0.05) is 17.5 Å². The maximum atomic E-state index is 11.8. The van der Waals surface area contributed by atoms with E-state index in [1.807, 2.05) is 35.7 Å². The van der Waals surface area contributed by atoms with Gasteiger partial charge in [-0.3, -0.25) is 4.79 Å². The minimum absolute atomic E-state index is 0.193. The molecular weight excluding hydrogens is 314 g/mol. The zero-order valence-corrected chi connectivity index (χ0v) is 13.2. The number of carbonyl (C=O) groups is 1. The highest BCUT2D eigenvalue weighted by atomic mass is 32.1. The number of nitrogens with one attached hydrogen (secondary N) is 1. The van der Waals surface area contributed by atoms with E-state index in [-0.39, 0.29) is 12.7 Å². The monoisotopic (exact) mass is 331 g/mol. The summed E-state index contributed by atoms with van der Waals surface area (Å²) >= 11 is 1.51. The first-order chi connectivity index (χ1) is 11.2. The van der Waals surface area contributed by atoms with E-state index in [2.05, 4.69) is 5.32 Å². The number of aliphatic hydroxyl groups excluding tert-OH is 1. The summed E-state index contributed by atoms with van der Waals surface area (Å²) in [6.07, 6.45) is 3.14. The third-order valence-electron chi connectivity index (χ3n) is 3.41. The summed E-state index contributed by atoms with van der Waals surface area (Å²) in [5.41, 5.74) is 0.864. The summed E-state index contributed by atoms with van der Waals surface area (Å²) < 4.78 is 10.5. The maximum Gasteiger partial charge on any atom is 0.244 e. The quantitative estimate of drug-likeness (QED) is 0.799. The van der Waals surface area contributed by atoms with Crippen molar-refractivity contribution < 1.29 is 19.4 Å². The summed E-state index contributed by atoms with van der Waals surface area (Å²) in [6, 6.07) is 9.29. The lowest BCUT2D eigenvalue weighted by atomic mass is 10.2. The van der Waals surface area contributed by atoms with Crippen molar-refractivity contribution in [3.8, 4) is 11.5 Å². The molecule has 23 heavy (non-hydrogen) atoms. The molecule has 1 atom stereocenters. The molecule has 0 saturated heterocycles. The molecule has 0 fully saturated rings. The zero-order valence-electron chi connectivity index (χ0n) is 12.4. The summed E-state index contributed by atoms with van der Waals surface area (Å²) in [5.74, 6) is 1.21. The highest BCUT2D eigenvalue weighted by Crippen LogP contribution is 2.32. The average Bonchev–Trinajstić information content (AvgIpc) is 3.23. The molecule has 0 bridgehead atoms. The van der Waals surface area contributed by atoms with Gasteiger partial charge >= 0.3 is 0 Å². The van der Waals surface area contributed by atoms with Gasteiger partial charge < -0.3 is 19.9 Å². The van der Waals surface area contributed by atoms with Gasteiger partial charge in [-0.25, -0.2) is 0 Å². The Hall–Kier alpha value is -2.31. The first kappa shape index (κ1) is 15.6. The van der Waals surface area contributed by atoms with Crippen LogP contribution in [0.15, 0.2) is 41.8 Å². The summed E-state index contributed by atoms with van der Waals surface area (Å²) in [5, 5.41) is 14.6. The molecule has 2 heterocycles. The molecule has 2 N–H and O–H groups in total. The van der Waals surface area contributed by atoms with Gasteiger partial charge in [0.2, 0.25) is 12.7 Å². The molecule has 1 aromatic heterocycles. The number of hydrogen-bond donors (Lipinski definition) is 2. The van der Waals surface area contributed by atoms with Crippen LogP contribution in [0.1, 0.15) is 23.0 Å². The second-order valence-electron chi connectivity index (χ2n) is 5.06. The van der Waals surface area contributed by atoms with Gasteiger partial charge in [-0.1, -0.05) is 12.1 Å². The van der Waals surface area contributed by atoms with Crippen molar-refractivity contribution in [2.75, 3.05) is 13.3 Å². The van der Waals surface area contributed by atoms with Crippen LogP contribution in [0.3, 0.4) is 0 Å². The van der Waals surface area contributed by atoms with Crippen molar-refractivity contribution in [1.82, 2.24) is 5.32 Å². The molecule has 1 unspecified atom stereocenters. The van der Waals surface area contributed by atoms with E-state index in [0.29, 0.717) is 24.5 Å². The molecule has 2 aromatic rings. The molecule has 0 spiro atoms. The summed E-state index contributed by atoms with van der Waals surface area (Å²) in [7, 11) is 0. The van der Waals surface area contributed by atoms with Crippen molar-refractivity contribution in [2.45, 2.75) is 12.5 Å². The van der Waals surface area contributed by atoms with Gasteiger partial charge in [-0.2, -0.15) is 0 Å². The number of hydrogen-bond acceptors (Lipinski definition) is 5. The smallest absolute Gasteiger partial charge is 0.244 e. The van der Waals surface area contributed by atoms with E-state index >= 15 is 0 Å². The Morgan fingerprint density at radius 2 is 2.22 bits per heavy atom. The minimum atomic E-state index is -0.534. The lowest BCUT2D eigenvalue weighted by molar-refractivity contribution is -0.116. The van der Waals surface area contributed by atoms with Crippen LogP contribution in [-0.4, -0.2) is 24.4 Å². The number of ether oxygens (including phenoxy) is 2. The molecule has 1 aliphatic heterocycles. The van der Waals surface area contributed by atoms with Crippen molar-refractivity contribution >= 4 is 23.3 Å². The Morgan fingerprint density at radius 3 is 3.04 bits per heavy atom. The SMILES string of the molecule is O=C(C=Cc1ccc2c(c1)OCO2)NCCC(O)c1cccs1. The van der Waals surface area contributed by atoms with E-state index in [1.165, 1.54) is 17.4 Å². The molecule has 3 rings (SSSR count). The third kappa shape index (κ3) is 4.12. The van der Waals surface area contributed by atoms with Crippen molar-refractivity contribution in [3.05, 3.63) is 52.2 Å². The molecule has 1 aromatic carbocycles. The lowest BCUT2D eigenvalue weighted by Gasteiger charge is -2.08. The Bertz CT molecular complexity index is 697. The fraction of sp³-hybridized carbons (Fsp3) is 0.235. The molecule has 0 aliphatic carbocycles. The van der Waals surface area contributed by atoms with Crippen LogP contribution in [0.5, 0.6) is 11.5 Å². The zero-order chi connectivity index (χ0) is 16.1. The summed E-state index contributed by atoms with van der Waals surface area (Å²) in [4.78, 5) is 12.7. The number of fused-ring (bicyclic) bond motifs is 1. The van der Waals surface area contributed by atoms with E-state index in [4.69, 9.17) is 9.47 Å². The van der Waals surface area contributed by atoms with Gasteiger partial charge in [0.25, 0.3) is 0 Å². The lowest BCUT2D eigenvalue weighted by Crippen LogP contribution is -2.23.